The van der Waals surface area contributed by atoms with Crippen molar-refractivity contribution in [1.82, 2.24) is 0 Å². The van der Waals surface area contributed by atoms with E-state index in [0.29, 0.717) is 0 Å². The van der Waals surface area contributed by atoms with Crippen LogP contribution < -0.4 is 0 Å². The zero-order valence-electron chi connectivity index (χ0n) is 35.6. The maximum Gasteiger partial charge on any atom is 0.338 e. The van der Waals surface area contributed by atoms with Gasteiger partial charge in [0.15, 0.2) is 49.2 Å². The molecular weight excluding hydrogens is 852 g/mol. The molecule has 18 nitrogen and oxygen atoms in total. The summed E-state index contributed by atoms with van der Waals surface area (Å²) >= 11 is 0. The number of carbonyl (C=O) groups is 7. The van der Waals surface area contributed by atoms with E-state index in [4.69, 9.17) is 52.1 Å². The van der Waals surface area contributed by atoms with Gasteiger partial charge in [-0.2, -0.15) is 0 Å². The number of hydrogen-bond donors (Lipinski definition) is 0. The minimum absolute atomic E-state index is 0.0605. The van der Waals surface area contributed by atoms with Crippen molar-refractivity contribution in [3.8, 4) is 0 Å². The van der Waals surface area contributed by atoms with Crippen LogP contribution in [0.3, 0.4) is 0 Å². The highest BCUT2D eigenvalue weighted by molar-refractivity contribution is 5.91. The number of esters is 7. The van der Waals surface area contributed by atoms with Crippen LogP contribution in [-0.2, 0) is 66.5 Å². The van der Waals surface area contributed by atoms with Crippen LogP contribution in [0.25, 0.3) is 0 Å². The molecule has 0 spiro atoms. The Morgan fingerprint density at radius 3 is 1.17 bits per heavy atom. The molecule has 0 aliphatic carbocycles. The highest BCUT2D eigenvalue weighted by Crippen LogP contribution is 2.34. The van der Waals surface area contributed by atoms with Gasteiger partial charge in [0.1, 0.15) is 18.8 Å². The topological polar surface area (TPSA) is 221 Å². The van der Waals surface area contributed by atoms with Gasteiger partial charge in [-0.15, -0.1) is 0 Å². The number of rotatable bonds is 16. The lowest BCUT2D eigenvalue weighted by Crippen LogP contribution is -2.65. The van der Waals surface area contributed by atoms with Crippen molar-refractivity contribution in [2.45, 2.75) is 82.2 Å². The third kappa shape index (κ3) is 12.6. The van der Waals surface area contributed by atoms with E-state index in [0.717, 1.165) is 20.8 Å². The van der Waals surface area contributed by atoms with Crippen LogP contribution in [0, 0.1) is 0 Å². The van der Waals surface area contributed by atoms with E-state index >= 15 is 0 Å². The molecule has 2 aliphatic heterocycles. The van der Waals surface area contributed by atoms with E-state index in [1.54, 1.807) is 72.8 Å². The average Bonchev–Trinajstić information content (AvgIpc) is 3.31. The summed E-state index contributed by atoms with van der Waals surface area (Å²) in [5.74, 6) is -6.07. The zero-order chi connectivity index (χ0) is 46.5. The van der Waals surface area contributed by atoms with E-state index < -0.39 is 116 Å². The predicted molar refractivity (Wildman–Crippen MR) is 221 cm³/mol. The molecule has 2 saturated heterocycles. The standard InChI is InChI=1S/C47H46O18/c1-27(48)58-36-35(61-46(55-4)40(60-29(3)50)38(36)59-28(2)49)26-57-47-41(65-45(54)33-23-15-8-16-24-33)39(64-44(53)32-21-13-7-14-22-32)37(63-43(52)31-19-11-6-12-20-31)34(62-47)25-56-42(51)30-17-9-5-10-18-30/h5-24,34-41,46-47H,25-26H2,1-4H3. The van der Waals surface area contributed by atoms with Gasteiger partial charge in [0, 0.05) is 27.9 Å². The normalized spacial score (nSPS) is 24.9. The Morgan fingerprint density at radius 2 is 0.723 bits per heavy atom. The summed E-state index contributed by atoms with van der Waals surface area (Å²) in [5.41, 5.74) is 0.382. The van der Waals surface area contributed by atoms with E-state index in [9.17, 15) is 33.6 Å². The molecule has 10 atom stereocenters. The highest BCUT2D eigenvalue weighted by Gasteiger charge is 2.56. The Bertz CT molecular complexity index is 2260. The second-order valence-electron chi connectivity index (χ2n) is 14.5. The number of methoxy groups -OCH3 is 1. The summed E-state index contributed by atoms with van der Waals surface area (Å²) in [5, 5.41) is 0. The molecule has 6 rings (SSSR count). The van der Waals surface area contributed by atoms with Gasteiger partial charge in [-0.25, -0.2) is 19.2 Å². The van der Waals surface area contributed by atoms with Gasteiger partial charge in [0.05, 0.1) is 28.9 Å². The quantitative estimate of drug-likeness (QED) is 0.112. The summed E-state index contributed by atoms with van der Waals surface area (Å²) < 4.78 is 64.8. The van der Waals surface area contributed by atoms with Gasteiger partial charge in [-0.1, -0.05) is 72.8 Å². The number of ether oxygens (including phenoxy) is 11. The van der Waals surface area contributed by atoms with Crippen LogP contribution >= 0.6 is 0 Å². The van der Waals surface area contributed by atoms with Crippen molar-refractivity contribution in [1.29, 1.82) is 0 Å². The molecule has 0 N–H and O–H groups in total. The monoisotopic (exact) mass is 898 g/mol. The van der Waals surface area contributed by atoms with Gasteiger partial charge in [0.2, 0.25) is 0 Å². The van der Waals surface area contributed by atoms with E-state index in [2.05, 4.69) is 0 Å². The summed E-state index contributed by atoms with van der Waals surface area (Å²) in [4.78, 5) is 92.3. The Hall–Kier alpha value is -6.99. The van der Waals surface area contributed by atoms with Crippen molar-refractivity contribution in [3.05, 3.63) is 144 Å². The molecule has 0 radical (unpaired) electrons. The summed E-state index contributed by atoms with van der Waals surface area (Å²) in [6, 6.07) is 31.3. The maximum absolute atomic E-state index is 14.0. The fraction of sp³-hybridized carbons (Fsp3) is 0.340. The molecule has 65 heavy (non-hydrogen) atoms. The van der Waals surface area contributed by atoms with E-state index in [-0.39, 0.29) is 22.3 Å². The Kier molecular flexibility index (Phi) is 16.5. The third-order valence-electron chi connectivity index (χ3n) is 9.89. The molecule has 2 aliphatic rings. The van der Waals surface area contributed by atoms with Crippen LogP contribution in [-0.4, -0.2) is 124 Å². The maximum atomic E-state index is 14.0. The third-order valence-corrected chi connectivity index (χ3v) is 9.89. The average molecular weight is 899 g/mol. The lowest BCUT2D eigenvalue weighted by Gasteiger charge is -2.46. The predicted octanol–water partition coefficient (Wildman–Crippen LogP) is 4.43. The highest BCUT2D eigenvalue weighted by atomic mass is 16.8. The van der Waals surface area contributed by atoms with E-state index in [1.807, 2.05) is 0 Å². The number of carbonyl (C=O) groups excluding carboxylic acids is 7. The first-order valence-electron chi connectivity index (χ1n) is 20.3. The summed E-state index contributed by atoms with van der Waals surface area (Å²) in [7, 11) is 1.23. The molecular formula is C47H46O18. The molecule has 4 aromatic carbocycles. The minimum atomic E-state index is -1.79. The van der Waals surface area contributed by atoms with Gasteiger partial charge in [-0.3, -0.25) is 14.4 Å². The fourth-order valence-corrected chi connectivity index (χ4v) is 7.03. The molecule has 2 heterocycles. The SMILES string of the molecule is COC1OC(COC2OC(COC(=O)c3ccccc3)C(OC(=O)c3ccccc3)C(OC(=O)c3ccccc3)C2OC(=O)c2ccccc2)C(OC(C)=O)C(OC(C)=O)C1OC(C)=O. The van der Waals surface area contributed by atoms with Crippen molar-refractivity contribution in [3.63, 3.8) is 0 Å². The fourth-order valence-electron chi connectivity index (χ4n) is 7.03. The first-order valence-corrected chi connectivity index (χ1v) is 20.3. The lowest BCUT2D eigenvalue weighted by atomic mass is 9.97. The Morgan fingerprint density at radius 1 is 0.400 bits per heavy atom. The zero-order valence-corrected chi connectivity index (χ0v) is 35.6. The van der Waals surface area contributed by atoms with Crippen LogP contribution in [0.4, 0.5) is 0 Å². The smallest absolute Gasteiger partial charge is 0.338 e. The summed E-state index contributed by atoms with van der Waals surface area (Å²) in [6.45, 7) is 1.99. The number of hydrogen-bond acceptors (Lipinski definition) is 18. The number of benzene rings is 4. The molecule has 0 aromatic heterocycles. The molecule has 0 bridgehead atoms. The largest absolute Gasteiger partial charge is 0.459 e. The molecule has 2 fully saturated rings. The molecule has 0 amide bonds. The van der Waals surface area contributed by atoms with E-state index in [1.165, 1.54) is 55.6 Å². The van der Waals surface area contributed by atoms with Crippen molar-refractivity contribution >= 4 is 41.8 Å². The van der Waals surface area contributed by atoms with Crippen molar-refractivity contribution in [2.75, 3.05) is 20.3 Å². The van der Waals surface area contributed by atoms with Crippen LogP contribution in [0.2, 0.25) is 0 Å². The van der Waals surface area contributed by atoms with Gasteiger partial charge >= 0.3 is 41.8 Å². The van der Waals surface area contributed by atoms with Crippen molar-refractivity contribution in [2.24, 2.45) is 0 Å². The second-order valence-corrected chi connectivity index (χ2v) is 14.5. The van der Waals surface area contributed by atoms with Crippen LogP contribution in [0.5, 0.6) is 0 Å². The molecule has 4 aromatic rings. The summed E-state index contributed by atoms with van der Waals surface area (Å²) in [6.07, 6.45) is -15.8. The minimum Gasteiger partial charge on any atom is -0.459 e. The first-order chi connectivity index (χ1) is 31.3. The molecule has 10 unspecified atom stereocenters. The second kappa shape index (κ2) is 22.6. The first kappa shape index (κ1) is 47.5. The molecule has 0 saturated carbocycles. The van der Waals surface area contributed by atoms with Gasteiger partial charge < -0.3 is 52.1 Å². The molecule has 342 valence electrons. The van der Waals surface area contributed by atoms with Crippen LogP contribution in [0.1, 0.15) is 62.2 Å². The van der Waals surface area contributed by atoms with Gasteiger partial charge in [0.25, 0.3) is 0 Å². The molecule has 18 heteroatoms. The lowest BCUT2D eigenvalue weighted by molar-refractivity contribution is -0.329. The van der Waals surface area contributed by atoms with Crippen LogP contribution in [0.15, 0.2) is 121 Å². The van der Waals surface area contributed by atoms with Crippen molar-refractivity contribution < 1.29 is 85.7 Å². The Labute approximate surface area is 372 Å². The Balaban J connectivity index is 1.43. The van der Waals surface area contributed by atoms with Gasteiger partial charge in [-0.05, 0) is 48.5 Å².